The lowest BCUT2D eigenvalue weighted by atomic mass is 10.4. The number of nitrogens with one attached hydrogen (secondary N) is 1. The molecule has 0 bridgehead atoms. The second-order valence-corrected chi connectivity index (χ2v) is 3.16. The van der Waals surface area contributed by atoms with E-state index < -0.39 is 31.1 Å². The van der Waals surface area contributed by atoms with Crippen molar-refractivity contribution in [3.05, 3.63) is 0 Å². The van der Waals surface area contributed by atoms with Crippen LogP contribution in [0.2, 0.25) is 0 Å². The average Bonchev–Trinajstić information content (AvgIpc) is 2.12. The zero-order valence-electron chi connectivity index (χ0n) is 8.67. The Morgan fingerprint density at radius 1 is 1.38 bits per heavy atom. The number of rotatable bonds is 5. The molecule has 0 spiro atoms. The van der Waals surface area contributed by atoms with Crippen molar-refractivity contribution in [2.45, 2.75) is 19.0 Å². The van der Waals surface area contributed by atoms with Gasteiger partial charge in [-0.1, -0.05) is 0 Å². The van der Waals surface area contributed by atoms with Crippen molar-refractivity contribution in [1.29, 1.82) is 0 Å². The van der Waals surface area contributed by atoms with E-state index in [1.807, 2.05) is 0 Å². The topological polar surface area (TPSA) is 69.6 Å². The highest BCUT2D eigenvalue weighted by molar-refractivity contribution is 5.74. The lowest BCUT2D eigenvalue weighted by Crippen LogP contribution is -2.39. The normalized spacial score (nSPS) is 11.0. The molecular weight excluding hydrogens is 229 g/mol. The highest BCUT2D eigenvalue weighted by Gasteiger charge is 2.27. The molecule has 0 aliphatic carbocycles. The molecule has 0 aliphatic rings. The van der Waals surface area contributed by atoms with Crippen LogP contribution in [-0.2, 0) is 4.79 Å². The number of halogens is 3. The van der Waals surface area contributed by atoms with Gasteiger partial charge < -0.3 is 15.3 Å². The summed E-state index contributed by atoms with van der Waals surface area (Å²) in [6.45, 7) is -0.563. The molecule has 0 aromatic heterocycles. The number of nitrogens with zero attached hydrogens (tertiary/aromatic N) is 1. The zero-order valence-corrected chi connectivity index (χ0v) is 8.67. The van der Waals surface area contributed by atoms with Gasteiger partial charge >= 0.3 is 18.2 Å². The first-order valence-corrected chi connectivity index (χ1v) is 4.50. The molecule has 0 heterocycles. The predicted octanol–water partition coefficient (Wildman–Crippen LogP) is 1.05. The van der Waals surface area contributed by atoms with Crippen LogP contribution in [0.3, 0.4) is 0 Å². The smallest absolute Gasteiger partial charge is 0.390 e. The molecule has 0 saturated heterocycles. The first-order valence-electron chi connectivity index (χ1n) is 4.50. The summed E-state index contributed by atoms with van der Waals surface area (Å²) in [4.78, 5) is 22.0. The van der Waals surface area contributed by atoms with E-state index in [0.29, 0.717) is 0 Å². The Morgan fingerprint density at radius 3 is 2.38 bits per heavy atom. The van der Waals surface area contributed by atoms with E-state index in [1.165, 1.54) is 7.05 Å². The lowest BCUT2D eigenvalue weighted by Gasteiger charge is -2.18. The van der Waals surface area contributed by atoms with Crippen LogP contribution in [-0.4, -0.2) is 48.3 Å². The van der Waals surface area contributed by atoms with Gasteiger partial charge in [-0.05, 0) is 0 Å². The Balaban J connectivity index is 3.78. The summed E-state index contributed by atoms with van der Waals surface area (Å²) < 4.78 is 35.4. The molecule has 2 amide bonds. The molecule has 0 aromatic rings. The maximum absolute atomic E-state index is 11.8. The fourth-order valence-corrected chi connectivity index (χ4v) is 0.807. The van der Waals surface area contributed by atoms with Gasteiger partial charge in [0.05, 0.1) is 12.8 Å². The summed E-state index contributed by atoms with van der Waals surface area (Å²) in [7, 11) is 1.21. The van der Waals surface area contributed by atoms with Crippen molar-refractivity contribution in [2.75, 3.05) is 20.1 Å². The maximum atomic E-state index is 11.8. The quantitative estimate of drug-likeness (QED) is 0.757. The number of carboxylic acids is 1. The number of urea groups is 1. The van der Waals surface area contributed by atoms with Crippen LogP contribution in [0.15, 0.2) is 0 Å². The van der Waals surface area contributed by atoms with Crippen molar-refractivity contribution in [1.82, 2.24) is 10.2 Å². The number of carbonyl (C=O) groups excluding carboxylic acids is 1. The van der Waals surface area contributed by atoms with E-state index in [0.717, 1.165) is 4.90 Å². The Bertz CT molecular complexity index is 255. The van der Waals surface area contributed by atoms with E-state index >= 15 is 0 Å². The maximum Gasteiger partial charge on any atom is 0.390 e. The highest BCUT2D eigenvalue weighted by Crippen LogP contribution is 2.19. The summed E-state index contributed by atoms with van der Waals surface area (Å²) >= 11 is 0. The third-order valence-electron chi connectivity index (χ3n) is 1.69. The molecule has 0 saturated carbocycles. The van der Waals surface area contributed by atoms with Gasteiger partial charge in [0.1, 0.15) is 0 Å². The fourth-order valence-electron chi connectivity index (χ4n) is 0.807. The van der Waals surface area contributed by atoms with E-state index in [9.17, 15) is 22.8 Å². The minimum Gasteiger partial charge on any atom is -0.481 e. The summed E-state index contributed by atoms with van der Waals surface area (Å²) in [6, 6.07) is -0.717. The molecular formula is C8H13F3N2O3. The number of carboxylic acid groups (broad SMARTS) is 1. The van der Waals surface area contributed by atoms with Crippen LogP contribution in [0.4, 0.5) is 18.0 Å². The van der Waals surface area contributed by atoms with Crippen LogP contribution in [0.1, 0.15) is 12.8 Å². The largest absolute Gasteiger partial charge is 0.481 e. The third kappa shape index (κ3) is 7.89. The standard InChI is InChI=1S/C8H13F3N2O3/c1-13(5-3-8(9,10)11)7(16)12-4-2-6(14)15/h2-5H2,1H3,(H,12,16)(H,14,15). The lowest BCUT2D eigenvalue weighted by molar-refractivity contribution is -0.137. The summed E-state index contributed by atoms with van der Waals surface area (Å²) in [5, 5.41) is 10.5. The fraction of sp³-hybridized carbons (Fsp3) is 0.750. The minimum absolute atomic E-state index is 0.107. The first kappa shape index (κ1) is 14.5. The summed E-state index contributed by atoms with van der Waals surface area (Å²) in [5.74, 6) is -1.08. The molecule has 0 aliphatic heterocycles. The molecule has 8 heteroatoms. The van der Waals surface area contributed by atoms with Gasteiger partial charge in [-0.3, -0.25) is 4.79 Å². The molecule has 5 nitrogen and oxygen atoms in total. The van der Waals surface area contributed by atoms with E-state index in [4.69, 9.17) is 5.11 Å². The van der Waals surface area contributed by atoms with Crippen molar-refractivity contribution in [3.63, 3.8) is 0 Å². The Hall–Kier alpha value is -1.47. The van der Waals surface area contributed by atoms with Crippen molar-refractivity contribution in [3.8, 4) is 0 Å². The van der Waals surface area contributed by atoms with Crippen LogP contribution >= 0.6 is 0 Å². The Labute approximate surface area is 90.2 Å². The minimum atomic E-state index is -4.31. The van der Waals surface area contributed by atoms with Gasteiger partial charge in [0.2, 0.25) is 0 Å². The zero-order chi connectivity index (χ0) is 12.8. The van der Waals surface area contributed by atoms with Crippen molar-refractivity contribution in [2.24, 2.45) is 0 Å². The number of alkyl halides is 3. The van der Waals surface area contributed by atoms with E-state index in [2.05, 4.69) is 5.32 Å². The number of amides is 2. The monoisotopic (exact) mass is 242 g/mol. The molecule has 2 N–H and O–H groups in total. The molecule has 0 rings (SSSR count). The van der Waals surface area contributed by atoms with E-state index in [1.54, 1.807) is 0 Å². The van der Waals surface area contributed by atoms with Crippen LogP contribution < -0.4 is 5.32 Å². The van der Waals surface area contributed by atoms with Gasteiger partial charge in [-0.15, -0.1) is 0 Å². The van der Waals surface area contributed by atoms with Crippen LogP contribution in [0, 0.1) is 0 Å². The SMILES string of the molecule is CN(CCC(F)(F)F)C(=O)NCCC(=O)O. The van der Waals surface area contributed by atoms with Gasteiger partial charge in [0, 0.05) is 20.1 Å². The second-order valence-electron chi connectivity index (χ2n) is 3.16. The van der Waals surface area contributed by atoms with Crippen LogP contribution in [0.5, 0.6) is 0 Å². The molecule has 16 heavy (non-hydrogen) atoms. The molecule has 0 fully saturated rings. The number of carbonyl (C=O) groups is 2. The predicted molar refractivity (Wildman–Crippen MR) is 49.0 cm³/mol. The van der Waals surface area contributed by atoms with Gasteiger partial charge in [-0.2, -0.15) is 13.2 Å². The number of hydrogen-bond donors (Lipinski definition) is 2. The summed E-state index contributed by atoms with van der Waals surface area (Å²) in [5.41, 5.74) is 0. The second kappa shape index (κ2) is 6.19. The molecule has 0 unspecified atom stereocenters. The highest BCUT2D eigenvalue weighted by atomic mass is 19.4. The molecule has 0 aromatic carbocycles. The van der Waals surface area contributed by atoms with Gasteiger partial charge in [0.25, 0.3) is 0 Å². The van der Waals surface area contributed by atoms with Gasteiger partial charge in [-0.25, -0.2) is 4.79 Å². The number of aliphatic carboxylic acids is 1. The summed E-state index contributed by atoms with van der Waals surface area (Å²) in [6.07, 6.45) is -5.66. The molecule has 94 valence electrons. The van der Waals surface area contributed by atoms with Crippen molar-refractivity contribution < 1.29 is 27.9 Å². The van der Waals surface area contributed by atoms with Crippen LogP contribution in [0.25, 0.3) is 0 Å². The third-order valence-corrected chi connectivity index (χ3v) is 1.69. The average molecular weight is 242 g/mol. The Kier molecular flexibility index (Phi) is 5.62. The molecule has 0 radical (unpaired) electrons. The molecule has 0 atom stereocenters. The van der Waals surface area contributed by atoms with Gasteiger partial charge in [0.15, 0.2) is 0 Å². The van der Waals surface area contributed by atoms with E-state index in [-0.39, 0.29) is 13.0 Å². The van der Waals surface area contributed by atoms with Crippen molar-refractivity contribution >= 4 is 12.0 Å². The Morgan fingerprint density at radius 2 is 1.94 bits per heavy atom. The number of hydrogen-bond acceptors (Lipinski definition) is 2. The first-order chi connectivity index (χ1) is 7.22.